The quantitative estimate of drug-likeness (QED) is 0.637. The van der Waals surface area contributed by atoms with Gasteiger partial charge in [-0.25, -0.2) is 4.39 Å². The number of benzene rings is 2. The third-order valence-corrected chi connectivity index (χ3v) is 2.77. The van der Waals surface area contributed by atoms with Crippen LogP contribution in [-0.4, -0.2) is 5.88 Å². The topological polar surface area (TPSA) is 33.0 Å². The van der Waals surface area contributed by atoms with E-state index in [4.69, 9.17) is 21.6 Å². The molecule has 0 aromatic heterocycles. The zero-order valence-electron chi connectivity index (χ0n) is 11.1. The monoisotopic (exact) mass is 299 g/mol. The fourth-order valence-electron chi connectivity index (χ4n) is 1.75. The predicted molar refractivity (Wildman–Crippen MR) is 79.5 cm³/mol. The molecule has 2 rings (SSSR count). The molecular weight excluding hydrogens is 289 g/mol. The van der Waals surface area contributed by atoms with Crippen molar-refractivity contribution >= 4 is 11.6 Å². The molecule has 0 saturated carbocycles. The van der Waals surface area contributed by atoms with Crippen LogP contribution in [0.1, 0.15) is 16.7 Å². The van der Waals surface area contributed by atoms with Crippen molar-refractivity contribution in [2.45, 2.75) is 6.61 Å². The number of ether oxygens (including phenoxy) is 1. The van der Waals surface area contributed by atoms with Gasteiger partial charge in [0.25, 0.3) is 0 Å². The fraction of sp³-hybridized carbons (Fsp3) is 0.118. The highest BCUT2D eigenvalue weighted by Gasteiger charge is 2.02. The van der Waals surface area contributed by atoms with E-state index < -0.39 is 5.82 Å². The van der Waals surface area contributed by atoms with E-state index in [1.54, 1.807) is 24.3 Å². The standard InChI is InChI=1S/C17H11ClFNO/c18-6-2-5-13-8-16(19)10-17(9-13)21-12-15-4-1-3-14(7-15)11-20/h1,3-4,7-10H,6,12H2. The van der Waals surface area contributed by atoms with Crippen LogP contribution in [0.25, 0.3) is 0 Å². The molecule has 0 N–H and O–H groups in total. The van der Waals surface area contributed by atoms with Gasteiger partial charge in [-0.3, -0.25) is 0 Å². The molecule has 4 heteroatoms. The van der Waals surface area contributed by atoms with Crippen LogP contribution < -0.4 is 4.74 Å². The van der Waals surface area contributed by atoms with Crippen molar-refractivity contribution in [3.05, 3.63) is 65.0 Å². The summed E-state index contributed by atoms with van der Waals surface area (Å²) in [5.74, 6) is 5.57. The summed E-state index contributed by atoms with van der Waals surface area (Å²) in [6.45, 7) is 0.251. The summed E-state index contributed by atoms with van der Waals surface area (Å²) >= 11 is 5.48. The maximum absolute atomic E-state index is 13.5. The van der Waals surface area contributed by atoms with E-state index in [1.165, 1.54) is 12.1 Å². The van der Waals surface area contributed by atoms with E-state index in [0.717, 1.165) is 5.56 Å². The van der Waals surface area contributed by atoms with Gasteiger partial charge in [-0.2, -0.15) is 5.26 Å². The lowest BCUT2D eigenvalue weighted by Gasteiger charge is -2.07. The second kappa shape index (κ2) is 7.33. The summed E-state index contributed by atoms with van der Waals surface area (Å²) in [5, 5.41) is 8.84. The summed E-state index contributed by atoms with van der Waals surface area (Å²) < 4.78 is 19.0. The Kier molecular flexibility index (Phi) is 5.21. The minimum Gasteiger partial charge on any atom is -0.489 e. The second-order valence-electron chi connectivity index (χ2n) is 4.21. The van der Waals surface area contributed by atoms with E-state index >= 15 is 0 Å². The summed E-state index contributed by atoms with van der Waals surface area (Å²) in [6.07, 6.45) is 0. The van der Waals surface area contributed by atoms with Crippen LogP contribution in [0.2, 0.25) is 0 Å². The van der Waals surface area contributed by atoms with E-state index in [-0.39, 0.29) is 12.5 Å². The zero-order chi connectivity index (χ0) is 15.1. The van der Waals surface area contributed by atoms with Crippen molar-refractivity contribution in [1.29, 1.82) is 5.26 Å². The molecule has 104 valence electrons. The van der Waals surface area contributed by atoms with Gasteiger partial charge in [0.2, 0.25) is 0 Å². The molecule has 0 bridgehead atoms. The molecule has 0 saturated heterocycles. The largest absolute Gasteiger partial charge is 0.489 e. The molecule has 0 amide bonds. The zero-order valence-corrected chi connectivity index (χ0v) is 11.8. The number of halogens is 2. The molecule has 0 radical (unpaired) electrons. The highest BCUT2D eigenvalue weighted by atomic mass is 35.5. The minimum absolute atomic E-state index is 0.188. The van der Waals surface area contributed by atoms with Crippen molar-refractivity contribution in [2.24, 2.45) is 0 Å². The third-order valence-electron chi connectivity index (χ3n) is 2.63. The maximum atomic E-state index is 13.5. The van der Waals surface area contributed by atoms with Crippen molar-refractivity contribution < 1.29 is 9.13 Å². The first-order valence-corrected chi connectivity index (χ1v) is 6.72. The van der Waals surface area contributed by atoms with E-state index in [0.29, 0.717) is 16.9 Å². The number of rotatable bonds is 3. The molecule has 0 heterocycles. The van der Waals surface area contributed by atoms with Crippen LogP contribution in [0.3, 0.4) is 0 Å². The predicted octanol–water partition coefficient (Wildman–Crippen LogP) is 3.87. The Balaban J connectivity index is 2.12. The van der Waals surface area contributed by atoms with Crippen molar-refractivity contribution in [3.8, 4) is 23.7 Å². The molecule has 21 heavy (non-hydrogen) atoms. The number of alkyl halides is 1. The molecule has 0 fully saturated rings. The van der Waals surface area contributed by atoms with Crippen LogP contribution in [0.15, 0.2) is 42.5 Å². The van der Waals surface area contributed by atoms with Crippen LogP contribution in [-0.2, 0) is 6.61 Å². The molecule has 0 unspecified atom stereocenters. The highest BCUT2D eigenvalue weighted by molar-refractivity contribution is 6.19. The smallest absolute Gasteiger partial charge is 0.128 e. The average molecular weight is 300 g/mol. The van der Waals surface area contributed by atoms with Gasteiger partial charge in [0.15, 0.2) is 0 Å². The lowest BCUT2D eigenvalue weighted by molar-refractivity contribution is 0.304. The highest BCUT2D eigenvalue weighted by Crippen LogP contribution is 2.17. The van der Waals surface area contributed by atoms with Crippen molar-refractivity contribution in [3.63, 3.8) is 0 Å². The van der Waals surface area contributed by atoms with Crippen molar-refractivity contribution in [2.75, 3.05) is 5.88 Å². The maximum Gasteiger partial charge on any atom is 0.128 e. The first kappa shape index (κ1) is 14.9. The summed E-state index contributed by atoms with van der Waals surface area (Å²) in [4.78, 5) is 0. The third kappa shape index (κ3) is 4.53. The molecule has 0 aliphatic carbocycles. The average Bonchev–Trinajstić information content (AvgIpc) is 2.50. The Morgan fingerprint density at radius 2 is 2.00 bits per heavy atom. The van der Waals surface area contributed by atoms with Crippen LogP contribution in [0.4, 0.5) is 4.39 Å². The SMILES string of the molecule is N#Cc1cccc(COc2cc(F)cc(C#CCCl)c2)c1. The minimum atomic E-state index is -0.419. The normalized spacial score (nSPS) is 9.38. The number of hydrogen-bond acceptors (Lipinski definition) is 2. The van der Waals surface area contributed by atoms with Gasteiger partial charge in [0.05, 0.1) is 17.5 Å². The van der Waals surface area contributed by atoms with E-state index in [9.17, 15) is 4.39 Å². The molecule has 0 aliphatic heterocycles. The molecule has 0 aliphatic rings. The summed E-state index contributed by atoms with van der Waals surface area (Å²) in [7, 11) is 0. The van der Waals surface area contributed by atoms with Gasteiger partial charge in [-0.05, 0) is 29.8 Å². The Bertz CT molecular complexity index is 740. The Morgan fingerprint density at radius 3 is 2.76 bits per heavy atom. The van der Waals surface area contributed by atoms with Gasteiger partial charge in [-0.15, -0.1) is 11.6 Å². The Morgan fingerprint density at radius 1 is 1.14 bits per heavy atom. The Labute approximate surface area is 127 Å². The molecule has 2 aromatic carbocycles. The lowest BCUT2D eigenvalue weighted by atomic mass is 10.1. The van der Waals surface area contributed by atoms with Gasteiger partial charge in [-0.1, -0.05) is 24.0 Å². The number of hydrogen-bond donors (Lipinski definition) is 0. The van der Waals surface area contributed by atoms with Gasteiger partial charge >= 0.3 is 0 Å². The van der Waals surface area contributed by atoms with Crippen LogP contribution >= 0.6 is 11.6 Å². The molecule has 2 aromatic rings. The first-order valence-electron chi connectivity index (χ1n) is 6.18. The molecule has 0 atom stereocenters. The van der Waals surface area contributed by atoms with Gasteiger partial charge < -0.3 is 4.74 Å². The lowest BCUT2D eigenvalue weighted by Crippen LogP contribution is -1.97. The summed E-state index contributed by atoms with van der Waals surface area (Å²) in [6, 6.07) is 13.4. The van der Waals surface area contributed by atoms with Crippen LogP contribution in [0, 0.1) is 29.0 Å². The number of nitriles is 1. The van der Waals surface area contributed by atoms with Gasteiger partial charge in [0.1, 0.15) is 18.2 Å². The number of nitrogens with zero attached hydrogens (tertiary/aromatic N) is 1. The fourth-order valence-corrected chi connectivity index (χ4v) is 1.82. The van der Waals surface area contributed by atoms with Crippen molar-refractivity contribution in [1.82, 2.24) is 0 Å². The van der Waals surface area contributed by atoms with Gasteiger partial charge in [0, 0.05) is 11.6 Å². The second-order valence-corrected chi connectivity index (χ2v) is 4.48. The molecule has 2 nitrogen and oxygen atoms in total. The van der Waals surface area contributed by atoms with E-state index in [1.807, 2.05) is 6.07 Å². The van der Waals surface area contributed by atoms with Crippen LogP contribution in [0.5, 0.6) is 5.75 Å². The molecular formula is C17H11ClFNO. The Hall–Kier alpha value is -2.49. The molecule has 0 spiro atoms. The van der Waals surface area contributed by atoms with E-state index in [2.05, 4.69) is 17.9 Å². The summed E-state index contributed by atoms with van der Waals surface area (Å²) in [5.41, 5.74) is 1.91. The first-order chi connectivity index (χ1) is 10.2.